The summed E-state index contributed by atoms with van der Waals surface area (Å²) < 4.78 is 34.5. The Bertz CT molecular complexity index is 1200. The maximum atomic E-state index is 12.9. The molecular weight excluding hydrogens is 436 g/mol. The Labute approximate surface area is 175 Å². The second kappa shape index (κ2) is 8.69. The van der Waals surface area contributed by atoms with Gasteiger partial charge in [0, 0.05) is 18.5 Å². The molecule has 2 N–H and O–H groups in total. The molecule has 1 unspecified atom stereocenters. The highest BCUT2D eigenvalue weighted by molar-refractivity contribution is 7.98. The molecule has 156 valence electrons. The van der Waals surface area contributed by atoms with E-state index in [1.807, 2.05) is 6.26 Å². The molecule has 0 bridgehead atoms. The van der Waals surface area contributed by atoms with Crippen molar-refractivity contribution < 1.29 is 17.6 Å². The molecule has 0 saturated carbocycles. The lowest BCUT2D eigenvalue weighted by molar-refractivity contribution is -0.117. The van der Waals surface area contributed by atoms with Gasteiger partial charge in [0.05, 0.1) is 16.1 Å². The Balaban J connectivity index is 1.85. The largest absolute Gasteiger partial charge is 0.419 e. The van der Waals surface area contributed by atoms with Crippen molar-refractivity contribution >= 4 is 55.3 Å². The van der Waals surface area contributed by atoms with Gasteiger partial charge in [-0.1, -0.05) is 0 Å². The lowest BCUT2D eigenvalue weighted by Gasteiger charge is -2.17. The van der Waals surface area contributed by atoms with Crippen molar-refractivity contribution in [1.29, 1.82) is 0 Å². The normalized spacial score (nSPS) is 12.9. The number of carbonyl (C=O) groups excluding carboxylic acids is 1. The van der Waals surface area contributed by atoms with E-state index in [0.717, 1.165) is 5.69 Å². The molecule has 29 heavy (non-hydrogen) atoms. The van der Waals surface area contributed by atoms with Gasteiger partial charge < -0.3 is 9.73 Å². The number of carbonyl (C=O) groups is 1. The molecule has 3 aromatic rings. The van der Waals surface area contributed by atoms with Gasteiger partial charge in [-0.25, -0.2) is 18.2 Å². The highest BCUT2D eigenvalue weighted by Crippen LogP contribution is 2.20. The highest BCUT2D eigenvalue weighted by atomic mass is 32.2. The van der Waals surface area contributed by atoms with Crippen LogP contribution in [-0.4, -0.2) is 41.9 Å². The first kappa shape index (κ1) is 21.6. The van der Waals surface area contributed by atoms with E-state index >= 15 is 0 Å². The van der Waals surface area contributed by atoms with Crippen molar-refractivity contribution in [2.75, 3.05) is 17.3 Å². The monoisotopic (exact) mass is 456 g/mol. The van der Waals surface area contributed by atoms with Crippen molar-refractivity contribution in [3.63, 3.8) is 0 Å². The predicted octanol–water partition coefficient (Wildman–Crippen LogP) is 1.94. The maximum Gasteiger partial charge on any atom is 0.419 e. The van der Waals surface area contributed by atoms with Crippen LogP contribution in [0.1, 0.15) is 12.1 Å². The number of sulfonamides is 1. The average molecular weight is 457 g/mol. The lowest BCUT2D eigenvalue weighted by atomic mass is 10.2. The minimum Gasteiger partial charge on any atom is -0.408 e. The topological polar surface area (TPSA) is 123 Å². The standard InChI is InChI=1S/C17H20N4O5S3/c1-10-9-28-16(18-10)19-15(22)12(6-7-27-3)20-29(24,25)11-4-5-13-14(8-11)26-17(23)21(13)2/h4-5,8-9,12,20H,6-7H2,1-3H3,(H,18,19,22). The second-order valence-electron chi connectivity index (χ2n) is 6.30. The van der Waals surface area contributed by atoms with Crippen molar-refractivity contribution in [3.8, 4) is 0 Å². The molecule has 1 aromatic carbocycles. The summed E-state index contributed by atoms with van der Waals surface area (Å²) in [7, 11) is -2.49. The third kappa shape index (κ3) is 4.89. The molecule has 0 aliphatic rings. The highest BCUT2D eigenvalue weighted by Gasteiger charge is 2.27. The Kier molecular flexibility index (Phi) is 6.46. The van der Waals surface area contributed by atoms with Crippen LogP contribution in [0.5, 0.6) is 0 Å². The Hall–Kier alpha value is -2.15. The summed E-state index contributed by atoms with van der Waals surface area (Å²) in [6.45, 7) is 1.80. The molecule has 0 aliphatic carbocycles. The van der Waals surface area contributed by atoms with Gasteiger partial charge in [0.15, 0.2) is 10.7 Å². The number of aromatic nitrogens is 2. The zero-order valence-corrected chi connectivity index (χ0v) is 18.4. The van der Waals surface area contributed by atoms with Gasteiger partial charge in [-0.2, -0.15) is 16.5 Å². The molecule has 0 radical (unpaired) electrons. The van der Waals surface area contributed by atoms with E-state index in [2.05, 4.69) is 15.0 Å². The fourth-order valence-electron chi connectivity index (χ4n) is 2.62. The number of hydrogen-bond donors (Lipinski definition) is 2. The van der Waals surface area contributed by atoms with Crippen LogP contribution in [0.4, 0.5) is 5.13 Å². The van der Waals surface area contributed by atoms with Crippen molar-refractivity contribution in [2.45, 2.75) is 24.3 Å². The maximum absolute atomic E-state index is 12.9. The fraction of sp³-hybridized carbons (Fsp3) is 0.353. The first-order valence-electron chi connectivity index (χ1n) is 8.55. The second-order valence-corrected chi connectivity index (χ2v) is 9.85. The number of benzene rings is 1. The third-order valence-electron chi connectivity index (χ3n) is 4.15. The number of thioether (sulfide) groups is 1. The Morgan fingerprint density at radius 1 is 1.41 bits per heavy atom. The molecule has 0 saturated heterocycles. The summed E-state index contributed by atoms with van der Waals surface area (Å²) in [5.41, 5.74) is 1.40. The predicted molar refractivity (Wildman–Crippen MR) is 114 cm³/mol. The van der Waals surface area contributed by atoms with E-state index in [1.165, 1.54) is 52.9 Å². The summed E-state index contributed by atoms with van der Waals surface area (Å²) in [5.74, 6) is -0.479. The van der Waals surface area contributed by atoms with Crippen LogP contribution in [0.3, 0.4) is 0 Å². The van der Waals surface area contributed by atoms with Gasteiger partial charge >= 0.3 is 5.76 Å². The number of rotatable bonds is 8. The molecule has 0 spiro atoms. The minimum absolute atomic E-state index is 0.0913. The number of hydrogen-bond acceptors (Lipinski definition) is 8. The van der Waals surface area contributed by atoms with Gasteiger partial charge in [0.25, 0.3) is 0 Å². The van der Waals surface area contributed by atoms with Crippen molar-refractivity contribution in [3.05, 3.63) is 39.8 Å². The zero-order chi connectivity index (χ0) is 21.2. The average Bonchev–Trinajstić information content (AvgIpc) is 3.20. The molecule has 1 atom stereocenters. The van der Waals surface area contributed by atoms with Gasteiger partial charge in [0.1, 0.15) is 6.04 Å². The molecule has 3 rings (SSSR count). The van der Waals surface area contributed by atoms with Crippen molar-refractivity contribution in [1.82, 2.24) is 14.3 Å². The van der Waals surface area contributed by atoms with E-state index in [4.69, 9.17) is 4.42 Å². The van der Waals surface area contributed by atoms with E-state index in [-0.39, 0.29) is 10.5 Å². The van der Waals surface area contributed by atoms with E-state index in [9.17, 15) is 18.0 Å². The minimum atomic E-state index is -4.03. The van der Waals surface area contributed by atoms with E-state index in [0.29, 0.717) is 22.8 Å². The first-order valence-corrected chi connectivity index (χ1v) is 12.3. The SMILES string of the molecule is CSCCC(NS(=O)(=O)c1ccc2c(c1)oc(=O)n2C)C(=O)Nc1nc(C)cs1. The molecule has 2 aromatic heterocycles. The van der Waals surface area contributed by atoms with E-state index < -0.39 is 27.7 Å². The summed E-state index contributed by atoms with van der Waals surface area (Å²) in [6, 6.07) is 3.15. The number of anilines is 1. The van der Waals surface area contributed by atoms with Crippen molar-refractivity contribution in [2.24, 2.45) is 7.05 Å². The summed E-state index contributed by atoms with van der Waals surface area (Å²) >= 11 is 2.77. The van der Waals surface area contributed by atoms with E-state index in [1.54, 1.807) is 12.3 Å². The zero-order valence-electron chi connectivity index (χ0n) is 16.0. The number of aryl methyl sites for hydroxylation is 2. The molecular formula is C17H20N4O5S3. The molecule has 0 fully saturated rings. The number of nitrogens with one attached hydrogen (secondary N) is 2. The Morgan fingerprint density at radius 2 is 2.17 bits per heavy atom. The summed E-state index contributed by atoms with van der Waals surface area (Å²) in [5, 5.41) is 4.86. The number of amides is 1. The van der Waals surface area contributed by atoms with Crippen LogP contribution >= 0.6 is 23.1 Å². The number of thiazole rings is 1. The van der Waals surface area contributed by atoms with Gasteiger partial charge in [-0.05, 0) is 37.5 Å². The molecule has 2 heterocycles. The van der Waals surface area contributed by atoms with Gasteiger partial charge in [0.2, 0.25) is 15.9 Å². The smallest absolute Gasteiger partial charge is 0.408 e. The third-order valence-corrected chi connectivity index (χ3v) is 7.14. The van der Waals surface area contributed by atoms with Crippen LogP contribution < -0.4 is 15.8 Å². The quantitative estimate of drug-likeness (QED) is 0.531. The number of fused-ring (bicyclic) bond motifs is 1. The molecule has 0 aliphatic heterocycles. The van der Waals surface area contributed by atoms with Crippen LogP contribution in [0.2, 0.25) is 0 Å². The molecule has 9 nitrogen and oxygen atoms in total. The molecule has 12 heteroatoms. The van der Waals surface area contributed by atoms with Crippen LogP contribution in [0, 0.1) is 6.92 Å². The fourth-order valence-corrected chi connectivity index (χ4v) is 5.03. The van der Waals surface area contributed by atoms with Gasteiger partial charge in [-0.15, -0.1) is 11.3 Å². The van der Waals surface area contributed by atoms with Crippen LogP contribution in [0.15, 0.2) is 37.7 Å². The summed E-state index contributed by atoms with van der Waals surface area (Å²) in [6.07, 6.45) is 2.18. The van der Waals surface area contributed by atoms with Crippen LogP contribution in [-0.2, 0) is 21.9 Å². The Morgan fingerprint density at radius 3 is 2.83 bits per heavy atom. The van der Waals surface area contributed by atoms with Crippen LogP contribution in [0.25, 0.3) is 11.1 Å². The first-order chi connectivity index (χ1) is 13.7. The number of nitrogens with zero attached hydrogens (tertiary/aromatic N) is 2. The van der Waals surface area contributed by atoms with Gasteiger partial charge in [-0.3, -0.25) is 9.36 Å². The molecule has 1 amide bonds. The lowest BCUT2D eigenvalue weighted by Crippen LogP contribution is -2.44. The number of oxazole rings is 1. The summed E-state index contributed by atoms with van der Waals surface area (Å²) in [4.78, 5) is 28.4.